The minimum atomic E-state index is -1.03. The van der Waals surface area contributed by atoms with Crippen LogP contribution in [0.15, 0.2) is 24.3 Å². The van der Waals surface area contributed by atoms with E-state index in [0.717, 1.165) is 5.56 Å². The summed E-state index contributed by atoms with van der Waals surface area (Å²) in [6.07, 6.45) is -1.03. The summed E-state index contributed by atoms with van der Waals surface area (Å²) in [6, 6.07) is 6.82. The van der Waals surface area contributed by atoms with E-state index in [9.17, 15) is 4.39 Å². The lowest BCUT2D eigenvalue weighted by Crippen LogP contribution is -1.96. The first-order valence-corrected chi connectivity index (χ1v) is 5.60. The van der Waals surface area contributed by atoms with Gasteiger partial charge in [0.1, 0.15) is 12.0 Å². The van der Waals surface area contributed by atoms with Crippen LogP contribution in [-0.4, -0.2) is 9.78 Å². The van der Waals surface area contributed by atoms with Crippen molar-refractivity contribution >= 4 is 17.4 Å². The first-order valence-electron chi connectivity index (χ1n) is 5.22. The number of hydrogen-bond acceptors (Lipinski definition) is 2. The summed E-state index contributed by atoms with van der Waals surface area (Å²) in [7, 11) is 1.75. The van der Waals surface area contributed by atoms with Crippen molar-refractivity contribution in [1.82, 2.24) is 9.78 Å². The third-order valence-corrected chi connectivity index (χ3v) is 2.96. The minimum Gasteiger partial charge on any atom is -0.384 e. The maximum Gasteiger partial charge on any atom is 0.122 e. The van der Waals surface area contributed by atoms with Crippen LogP contribution in [0.4, 0.5) is 10.2 Å². The predicted molar refractivity (Wildman–Crippen MR) is 67.6 cm³/mol. The quantitative estimate of drug-likeness (QED) is 0.892. The van der Waals surface area contributed by atoms with Crippen LogP contribution in [0.3, 0.4) is 0 Å². The Balaban J connectivity index is 2.46. The number of halogens is 2. The van der Waals surface area contributed by atoms with Crippen molar-refractivity contribution in [2.45, 2.75) is 13.1 Å². The van der Waals surface area contributed by atoms with Gasteiger partial charge in [-0.1, -0.05) is 23.7 Å². The SMILES string of the molecule is CC(F)c1ccc(-c2cc(N)n(C)n2)c(Cl)c1. The molecule has 0 saturated heterocycles. The number of nitrogen functional groups attached to an aromatic ring is 1. The highest BCUT2D eigenvalue weighted by atomic mass is 35.5. The molecule has 90 valence electrons. The largest absolute Gasteiger partial charge is 0.384 e. The number of benzene rings is 1. The van der Waals surface area contributed by atoms with Gasteiger partial charge in [0.15, 0.2) is 0 Å². The molecular formula is C12H13ClFN3. The van der Waals surface area contributed by atoms with Crippen LogP contribution in [0, 0.1) is 0 Å². The number of rotatable bonds is 2. The second kappa shape index (κ2) is 4.37. The van der Waals surface area contributed by atoms with Gasteiger partial charge in [-0.3, -0.25) is 4.68 Å². The van der Waals surface area contributed by atoms with Crippen LogP contribution < -0.4 is 5.73 Å². The summed E-state index contributed by atoms with van der Waals surface area (Å²) >= 11 is 6.11. The van der Waals surface area contributed by atoms with Gasteiger partial charge in [-0.2, -0.15) is 5.10 Å². The minimum absolute atomic E-state index is 0.477. The zero-order chi connectivity index (χ0) is 12.6. The van der Waals surface area contributed by atoms with E-state index in [1.165, 1.54) is 6.92 Å². The fourth-order valence-electron chi connectivity index (χ4n) is 1.60. The highest BCUT2D eigenvalue weighted by Gasteiger charge is 2.11. The molecule has 0 aliphatic rings. The summed E-state index contributed by atoms with van der Waals surface area (Å²) in [5.41, 5.74) is 7.70. The van der Waals surface area contributed by atoms with Gasteiger partial charge in [-0.05, 0) is 18.6 Å². The second-order valence-corrected chi connectivity index (χ2v) is 4.34. The number of hydrogen-bond donors (Lipinski definition) is 1. The van der Waals surface area contributed by atoms with Crippen molar-refractivity contribution in [2.75, 3.05) is 5.73 Å². The van der Waals surface area contributed by atoms with Crippen LogP contribution in [0.5, 0.6) is 0 Å². The molecule has 1 aromatic heterocycles. The van der Waals surface area contributed by atoms with Crippen molar-refractivity contribution in [3.63, 3.8) is 0 Å². The topological polar surface area (TPSA) is 43.8 Å². The molecular weight excluding hydrogens is 241 g/mol. The molecule has 3 nitrogen and oxygen atoms in total. The molecule has 0 aliphatic carbocycles. The molecule has 0 bridgehead atoms. The van der Waals surface area contributed by atoms with Gasteiger partial charge in [-0.15, -0.1) is 0 Å². The summed E-state index contributed by atoms with van der Waals surface area (Å²) in [5.74, 6) is 0.555. The summed E-state index contributed by atoms with van der Waals surface area (Å²) in [5, 5.41) is 4.71. The van der Waals surface area contributed by atoms with Gasteiger partial charge in [0.25, 0.3) is 0 Å². The predicted octanol–water partition coefficient (Wildman–Crippen LogP) is 3.35. The third kappa shape index (κ3) is 2.26. The average molecular weight is 254 g/mol. The van der Waals surface area contributed by atoms with Gasteiger partial charge in [0, 0.05) is 18.7 Å². The normalized spacial score (nSPS) is 12.7. The lowest BCUT2D eigenvalue weighted by atomic mass is 10.1. The van der Waals surface area contributed by atoms with Crippen molar-refractivity contribution in [1.29, 1.82) is 0 Å². The van der Waals surface area contributed by atoms with E-state index in [-0.39, 0.29) is 0 Å². The molecule has 0 saturated carbocycles. The second-order valence-electron chi connectivity index (χ2n) is 3.93. The first-order chi connectivity index (χ1) is 7.99. The smallest absolute Gasteiger partial charge is 0.122 e. The Morgan fingerprint density at radius 3 is 2.59 bits per heavy atom. The summed E-state index contributed by atoms with van der Waals surface area (Å²) < 4.78 is 14.7. The Morgan fingerprint density at radius 1 is 1.41 bits per heavy atom. The standard InChI is InChI=1S/C12H13ClFN3/c1-7(14)8-3-4-9(10(13)5-8)11-6-12(15)17(2)16-11/h3-7H,15H2,1-2H3. The van der Waals surface area contributed by atoms with E-state index in [1.54, 1.807) is 36.0 Å². The monoisotopic (exact) mass is 253 g/mol. The van der Waals surface area contributed by atoms with E-state index in [0.29, 0.717) is 22.1 Å². The molecule has 1 unspecified atom stereocenters. The Morgan fingerprint density at radius 2 is 2.12 bits per heavy atom. The molecule has 5 heteroatoms. The average Bonchev–Trinajstić information content (AvgIpc) is 2.58. The Labute approximate surface area is 104 Å². The van der Waals surface area contributed by atoms with Crippen LogP contribution >= 0.6 is 11.6 Å². The fraction of sp³-hybridized carbons (Fsp3) is 0.250. The molecule has 1 atom stereocenters. The maximum absolute atomic E-state index is 13.1. The van der Waals surface area contributed by atoms with Crippen LogP contribution in [0.2, 0.25) is 5.02 Å². The number of alkyl halides is 1. The van der Waals surface area contributed by atoms with Crippen LogP contribution in [0.25, 0.3) is 11.3 Å². The lowest BCUT2D eigenvalue weighted by Gasteiger charge is -2.05. The van der Waals surface area contributed by atoms with Crippen molar-refractivity contribution in [3.05, 3.63) is 34.9 Å². The van der Waals surface area contributed by atoms with Crippen LogP contribution in [0.1, 0.15) is 18.7 Å². The molecule has 2 aromatic rings. The third-order valence-electron chi connectivity index (χ3n) is 2.64. The highest BCUT2D eigenvalue weighted by molar-refractivity contribution is 6.33. The zero-order valence-corrected chi connectivity index (χ0v) is 10.4. The van der Waals surface area contributed by atoms with Crippen molar-refractivity contribution in [3.8, 4) is 11.3 Å². The first kappa shape index (κ1) is 11.9. The van der Waals surface area contributed by atoms with Gasteiger partial charge in [-0.25, -0.2) is 4.39 Å². The molecule has 1 heterocycles. The van der Waals surface area contributed by atoms with Gasteiger partial charge in [0.05, 0.1) is 10.7 Å². The van der Waals surface area contributed by atoms with E-state index < -0.39 is 6.17 Å². The Hall–Kier alpha value is -1.55. The molecule has 17 heavy (non-hydrogen) atoms. The van der Waals surface area contributed by atoms with Gasteiger partial charge in [0.2, 0.25) is 0 Å². The molecule has 0 amide bonds. The van der Waals surface area contributed by atoms with E-state index in [2.05, 4.69) is 5.10 Å². The van der Waals surface area contributed by atoms with E-state index in [1.807, 2.05) is 0 Å². The number of aromatic nitrogens is 2. The van der Waals surface area contributed by atoms with Gasteiger partial charge < -0.3 is 5.73 Å². The van der Waals surface area contributed by atoms with Crippen molar-refractivity contribution < 1.29 is 4.39 Å². The fourth-order valence-corrected chi connectivity index (χ4v) is 1.89. The van der Waals surface area contributed by atoms with Crippen molar-refractivity contribution in [2.24, 2.45) is 7.05 Å². The molecule has 2 rings (SSSR count). The van der Waals surface area contributed by atoms with E-state index in [4.69, 9.17) is 17.3 Å². The maximum atomic E-state index is 13.1. The number of nitrogens with two attached hydrogens (primary N) is 1. The molecule has 0 fully saturated rings. The number of aryl methyl sites for hydroxylation is 1. The molecule has 0 spiro atoms. The molecule has 0 aliphatic heterocycles. The summed E-state index contributed by atoms with van der Waals surface area (Å²) in [6.45, 7) is 1.48. The van der Waals surface area contributed by atoms with E-state index >= 15 is 0 Å². The lowest BCUT2D eigenvalue weighted by molar-refractivity contribution is 0.374. The summed E-state index contributed by atoms with van der Waals surface area (Å²) in [4.78, 5) is 0. The number of anilines is 1. The highest BCUT2D eigenvalue weighted by Crippen LogP contribution is 2.31. The zero-order valence-electron chi connectivity index (χ0n) is 9.61. The Kier molecular flexibility index (Phi) is 3.07. The number of nitrogens with zero attached hydrogens (tertiary/aromatic N) is 2. The van der Waals surface area contributed by atoms with Gasteiger partial charge >= 0.3 is 0 Å². The molecule has 1 aromatic carbocycles. The Bertz CT molecular complexity index is 529. The molecule has 2 N–H and O–H groups in total. The van der Waals surface area contributed by atoms with Crippen LogP contribution in [-0.2, 0) is 7.05 Å². The molecule has 0 radical (unpaired) electrons.